The largest absolute Gasteiger partial charge is 0.432 e. The predicted molar refractivity (Wildman–Crippen MR) is 74.0 cm³/mol. The average Bonchev–Trinajstić information content (AvgIpc) is 2.37. The van der Waals surface area contributed by atoms with Crippen LogP contribution < -0.4 is 10.5 Å². The second kappa shape index (κ2) is 5.70. The molecule has 0 radical (unpaired) electrons. The number of halogens is 1. The van der Waals surface area contributed by atoms with E-state index in [1.807, 2.05) is 6.92 Å². The van der Waals surface area contributed by atoms with Gasteiger partial charge in [-0.3, -0.25) is 10.1 Å². The third-order valence-electron chi connectivity index (χ3n) is 2.53. The van der Waals surface area contributed by atoms with Crippen molar-refractivity contribution < 1.29 is 9.66 Å². The minimum Gasteiger partial charge on any atom is -0.432 e. The summed E-state index contributed by atoms with van der Waals surface area (Å²) >= 11 is 5.72. The molecule has 0 bridgehead atoms. The van der Waals surface area contributed by atoms with Gasteiger partial charge in [0, 0.05) is 12.1 Å². The Hall–Kier alpha value is -2.41. The zero-order chi connectivity index (χ0) is 14.7. The maximum atomic E-state index is 11.1. The SMILES string of the molecule is CCc1ccc(Oc2cc(Cl)nc(N)n2)c([N+](=O)[O-])c1. The monoisotopic (exact) mass is 294 g/mol. The smallest absolute Gasteiger partial charge is 0.311 e. The van der Waals surface area contributed by atoms with Crippen molar-refractivity contribution in [2.24, 2.45) is 0 Å². The maximum Gasteiger partial charge on any atom is 0.311 e. The van der Waals surface area contributed by atoms with Crippen molar-refractivity contribution in [1.29, 1.82) is 0 Å². The second-order valence-corrected chi connectivity index (χ2v) is 4.29. The van der Waals surface area contributed by atoms with Crippen molar-refractivity contribution in [2.75, 3.05) is 5.73 Å². The van der Waals surface area contributed by atoms with Crippen molar-refractivity contribution in [3.8, 4) is 11.6 Å². The molecule has 7 nitrogen and oxygen atoms in total. The van der Waals surface area contributed by atoms with Gasteiger partial charge in [-0.05, 0) is 18.1 Å². The van der Waals surface area contributed by atoms with Crippen molar-refractivity contribution in [2.45, 2.75) is 13.3 Å². The van der Waals surface area contributed by atoms with Gasteiger partial charge in [-0.25, -0.2) is 4.98 Å². The number of nitro benzene ring substituents is 1. The Labute approximate surface area is 119 Å². The van der Waals surface area contributed by atoms with E-state index in [2.05, 4.69) is 9.97 Å². The number of rotatable bonds is 4. The van der Waals surface area contributed by atoms with Gasteiger partial charge in [-0.2, -0.15) is 4.98 Å². The van der Waals surface area contributed by atoms with Crippen LogP contribution in [0.2, 0.25) is 5.15 Å². The van der Waals surface area contributed by atoms with E-state index in [0.29, 0.717) is 6.42 Å². The maximum absolute atomic E-state index is 11.1. The van der Waals surface area contributed by atoms with Crippen molar-refractivity contribution in [1.82, 2.24) is 9.97 Å². The number of hydrogen-bond acceptors (Lipinski definition) is 6. The van der Waals surface area contributed by atoms with E-state index in [1.165, 1.54) is 18.2 Å². The number of nitro groups is 1. The van der Waals surface area contributed by atoms with Crippen LogP contribution in [0.5, 0.6) is 11.6 Å². The fourth-order valence-corrected chi connectivity index (χ4v) is 1.77. The van der Waals surface area contributed by atoms with E-state index in [1.54, 1.807) is 6.07 Å². The molecule has 0 fully saturated rings. The molecule has 0 saturated heterocycles. The number of hydrogen-bond donors (Lipinski definition) is 1. The number of anilines is 1. The molecular weight excluding hydrogens is 284 g/mol. The molecule has 2 N–H and O–H groups in total. The molecule has 1 aromatic carbocycles. The highest BCUT2D eigenvalue weighted by Gasteiger charge is 2.17. The summed E-state index contributed by atoms with van der Waals surface area (Å²) in [6.07, 6.45) is 0.688. The Bertz CT molecular complexity index is 643. The van der Waals surface area contributed by atoms with E-state index in [-0.39, 0.29) is 28.4 Å². The summed E-state index contributed by atoms with van der Waals surface area (Å²) in [7, 11) is 0. The van der Waals surface area contributed by atoms with E-state index in [9.17, 15) is 10.1 Å². The van der Waals surface area contributed by atoms with Gasteiger partial charge < -0.3 is 10.5 Å². The number of nitrogen functional groups attached to an aromatic ring is 1. The van der Waals surface area contributed by atoms with Gasteiger partial charge in [-0.1, -0.05) is 24.6 Å². The molecule has 0 saturated carbocycles. The van der Waals surface area contributed by atoms with E-state index >= 15 is 0 Å². The third-order valence-corrected chi connectivity index (χ3v) is 2.73. The minimum absolute atomic E-state index is 0.0508. The lowest BCUT2D eigenvalue weighted by molar-refractivity contribution is -0.385. The zero-order valence-electron chi connectivity index (χ0n) is 10.5. The molecule has 0 spiro atoms. The van der Waals surface area contributed by atoms with Gasteiger partial charge >= 0.3 is 5.69 Å². The quantitative estimate of drug-likeness (QED) is 0.528. The average molecular weight is 295 g/mol. The number of aryl methyl sites for hydroxylation is 1. The highest BCUT2D eigenvalue weighted by atomic mass is 35.5. The van der Waals surface area contributed by atoms with Crippen molar-refractivity contribution in [3.63, 3.8) is 0 Å². The summed E-state index contributed by atoms with van der Waals surface area (Å²) in [5.74, 6) is 0.0524. The molecule has 0 amide bonds. The fourth-order valence-electron chi connectivity index (χ4n) is 1.59. The molecule has 0 aliphatic carbocycles. The molecule has 0 unspecified atom stereocenters. The van der Waals surface area contributed by atoms with Crippen LogP contribution in [0.4, 0.5) is 11.6 Å². The van der Waals surface area contributed by atoms with Crippen LogP contribution in [0.3, 0.4) is 0 Å². The first kappa shape index (κ1) is 14.0. The van der Waals surface area contributed by atoms with Crippen LogP contribution in [0.1, 0.15) is 12.5 Å². The summed E-state index contributed by atoms with van der Waals surface area (Å²) in [6.45, 7) is 1.91. The van der Waals surface area contributed by atoms with Crippen LogP contribution in [-0.4, -0.2) is 14.9 Å². The molecule has 1 heterocycles. The molecule has 0 atom stereocenters. The fraction of sp³-hybridized carbons (Fsp3) is 0.167. The van der Waals surface area contributed by atoms with Gasteiger partial charge in [0.05, 0.1) is 4.92 Å². The second-order valence-electron chi connectivity index (χ2n) is 3.90. The number of ether oxygens (including phenoxy) is 1. The van der Waals surface area contributed by atoms with Crippen LogP contribution in [-0.2, 0) is 6.42 Å². The van der Waals surface area contributed by atoms with Crippen molar-refractivity contribution in [3.05, 3.63) is 45.1 Å². The first-order valence-corrected chi connectivity index (χ1v) is 6.12. The predicted octanol–water partition coefficient (Wildman–Crippen LogP) is 2.98. The van der Waals surface area contributed by atoms with Crippen LogP contribution in [0.15, 0.2) is 24.3 Å². The first-order valence-electron chi connectivity index (χ1n) is 5.75. The Morgan fingerprint density at radius 1 is 1.40 bits per heavy atom. The summed E-state index contributed by atoms with van der Waals surface area (Å²) in [5, 5.41) is 11.2. The van der Waals surface area contributed by atoms with Gasteiger partial charge in [0.15, 0.2) is 0 Å². The Kier molecular flexibility index (Phi) is 3.99. The molecule has 0 aliphatic rings. The molecule has 2 aromatic rings. The molecule has 104 valence electrons. The molecule has 0 aliphatic heterocycles. The van der Waals surface area contributed by atoms with Crippen LogP contribution in [0, 0.1) is 10.1 Å². The highest BCUT2D eigenvalue weighted by Crippen LogP contribution is 2.32. The highest BCUT2D eigenvalue weighted by molar-refractivity contribution is 6.29. The lowest BCUT2D eigenvalue weighted by Crippen LogP contribution is -1.99. The lowest BCUT2D eigenvalue weighted by Gasteiger charge is -2.07. The van der Waals surface area contributed by atoms with E-state index in [4.69, 9.17) is 22.1 Å². The zero-order valence-corrected chi connectivity index (χ0v) is 11.3. The van der Waals surface area contributed by atoms with Crippen LogP contribution >= 0.6 is 11.6 Å². The molecule has 2 rings (SSSR count). The summed E-state index contributed by atoms with van der Waals surface area (Å²) < 4.78 is 5.37. The Balaban J connectivity index is 2.39. The number of aromatic nitrogens is 2. The molecular formula is C12H11ClN4O3. The summed E-state index contributed by atoms with van der Waals surface area (Å²) in [4.78, 5) is 18.0. The number of nitrogens with two attached hydrogens (primary N) is 1. The van der Waals surface area contributed by atoms with Gasteiger partial charge in [0.25, 0.3) is 0 Å². The normalized spacial score (nSPS) is 10.3. The number of benzene rings is 1. The van der Waals surface area contributed by atoms with Gasteiger partial charge in [0.1, 0.15) is 5.15 Å². The topological polar surface area (TPSA) is 104 Å². The minimum atomic E-state index is -0.513. The van der Waals surface area contributed by atoms with E-state index < -0.39 is 4.92 Å². The van der Waals surface area contributed by atoms with E-state index in [0.717, 1.165) is 5.56 Å². The lowest BCUT2D eigenvalue weighted by atomic mass is 10.1. The van der Waals surface area contributed by atoms with Gasteiger partial charge in [-0.15, -0.1) is 0 Å². The number of nitrogens with zero attached hydrogens (tertiary/aromatic N) is 3. The van der Waals surface area contributed by atoms with Crippen molar-refractivity contribution >= 4 is 23.2 Å². The van der Waals surface area contributed by atoms with Crippen LogP contribution in [0.25, 0.3) is 0 Å². The summed E-state index contributed by atoms with van der Waals surface area (Å²) in [5.41, 5.74) is 6.13. The van der Waals surface area contributed by atoms with Gasteiger partial charge in [0.2, 0.25) is 17.6 Å². The summed E-state index contributed by atoms with van der Waals surface area (Å²) in [6, 6.07) is 6.05. The Morgan fingerprint density at radius 3 is 2.75 bits per heavy atom. The molecule has 1 aromatic heterocycles. The third kappa shape index (κ3) is 3.12. The standard InChI is InChI=1S/C12H11ClN4O3/c1-2-7-3-4-9(8(5-7)17(18)19)20-11-6-10(13)15-12(14)16-11/h3-6H,2H2,1H3,(H2,14,15,16). The molecule has 8 heteroatoms. The molecule has 20 heavy (non-hydrogen) atoms. The first-order chi connectivity index (χ1) is 9.49. The Morgan fingerprint density at radius 2 is 2.15 bits per heavy atom.